The number of rotatable bonds is 7. The van der Waals surface area contributed by atoms with Crippen LogP contribution in [-0.4, -0.2) is 19.5 Å². The molecule has 0 aliphatic rings. The molecule has 12 rings (SSSR count). The van der Waals surface area contributed by atoms with Gasteiger partial charge in [-0.2, -0.15) is 0 Å². The molecule has 4 nitrogen and oxygen atoms in total. The number of benzene rings is 9. The van der Waals surface area contributed by atoms with Crippen molar-refractivity contribution in [3.05, 3.63) is 218 Å². The Morgan fingerprint density at radius 2 is 0.790 bits per heavy atom. The summed E-state index contributed by atoms with van der Waals surface area (Å²) in [6, 6.07) is 77.5. The van der Waals surface area contributed by atoms with E-state index in [0.717, 1.165) is 61.2 Å². The summed E-state index contributed by atoms with van der Waals surface area (Å²) in [5.41, 5.74) is 12.7. The van der Waals surface area contributed by atoms with E-state index >= 15 is 0 Å². The number of thiophene rings is 1. The first-order valence-corrected chi connectivity index (χ1v) is 21.7. The zero-order valence-electron chi connectivity index (χ0n) is 33.5. The van der Waals surface area contributed by atoms with Gasteiger partial charge in [-0.25, -0.2) is 15.0 Å². The second kappa shape index (κ2) is 14.9. The molecular weight excluding hydrogens is 773 g/mol. The van der Waals surface area contributed by atoms with Crippen LogP contribution >= 0.6 is 11.3 Å². The van der Waals surface area contributed by atoms with Crippen LogP contribution in [0.5, 0.6) is 0 Å². The summed E-state index contributed by atoms with van der Waals surface area (Å²) in [5.74, 6) is 1.82. The number of para-hydroxylation sites is 2. The number of hydrogen-bond donors (Lipinski definition) is 0. The Balaban J connectivity index is 1.14. The van der Waals surface area contributed by atoms with Gasteiger partial charge in [0, 0.05) is 47.6 Å². The average molecular weight is 809 g/mol. The standard InChI is InChI=1S/C57H36N4S/c1-4-18-37(19-5-1)47-35-49(52(36-48(47)38-20-6-2-7-21-38)61-50-31-13-10-26-43(50)44-27-11-14-32-51(44)61)57-59-55(39-22-8-3-9-23-39)58-56(60-57)41-25-16-24-40(34-41)42-29-17-30-46-45-28-12-15-33-53(45)62-54(42)46/h1-36H. The van der Waals surface area contributed by atoms with Crippen molar-refractivity contribution in [2.24, 2.45) is 0 Å². The van der Waals surface area contributed by atoms with Gasteiger partial charge >= 0.3 is 0 Å². The van der Waals surface area contributed by atoms with Gasteiger partial charge in [-0.3, -0.25) is 0 Å². The number of fused-ring (bicyclic) bond motifs is 6. The van der Waals surface area contributed by atoms with E-state index in [-0.39, 0.29) is 0 Å². The lowest BCUT2D eigenvalue weighted by Gasteiger charge is -2.20. The number of aromatic nitrogens is 4. The van der Waals surface area contributed by atoms with Crippen LogP contribution in [0.3, 0.4) is 0 Å². The Bertz CT molecular complexity index is 3580. The van der Waals surface area contributed by atoms with Crippen LogP contribution in [0.2, 0.25) is 0 Å². The molecule has 62 heavy (non-hydrogen) atoms. The number of hydrogen-bond acceptors (Lipinski definition) is 4. The van der Waals surface area contributed by atoms with Crippen LogP contribution in [0.1, 0.15) is 0 Å². The maximum atomic E-state index is 5.47. The Morgan fingerprint density at radius 3 is 1.47 bits per heavy atom. The molecule has 0 atom stereocenters. The minimum Gasteiger partial charge on any atom is -0.308 e. The van der Waals surface area contributed by atoms with Gasteiger partial charge in [-0.15, -0.1) is 11.3 Å². The zero-order valence-corrected chi connectivity index (χ0v) is 34.3. The van der Waals surface area contributed by atoms with Gasteiger partial charge in [0.1, 0.15) is 0 Å². The molecule has 0 radical (unpaired) electrons. The Morgan fingerprint density at radius 1 is 0.306 bits per heavy atom. The minimum atomic E-state index is 0.597. The van der Waals surface area contributed by atoms with Gasteiger partial charge in [0.25, 0.3) is 0 Å². The molecule has 9 aromatic carbocycles. The highest BCUT2D eigenvalue weighted by atomic mass is 32.1. The molecule has 0 N–H and O–H groups in total. The Labute approximate surface area is 362 Å². The molecule has 0 amide bonds. The van der Waals surface area contributed by atoms with Crippen molar-refractivity contribution in [2.45, 2.75) is 0 Å². The second-order valence-electron chi connectivity index (χ2n) is 15.6. The molecule has 0 unspecified atom stereocenters. The van der Waals surface area contributed by atoms with E-state index in [9.17, 15) is 0 Å². The van der Waals surface area contributed by atoms with Crippen LogP contribution in [0.4, 0.5) is 0 Å². The molecule has 0 aliphatic carbocycles. The lowest BCUT2D eigenvalue weighted by Crippen LogP contribution is -2.05. The molecule has 3 aromatic heterocycles. The Hall–Kier alpha value is -7.99. The van der Waals surface area contributed by atoms with Crippen molar-refractivity contribution in [2.75, 3.05) is 0 Å². The highest BCUT2D eigenvalue weighted by molar-refractivity contribution is 7.26. The highest BCUT2D eigenvalue weighted by Crippen LogP contribution is 2.44. The first-order chi connectivity index (χ1) is 30.7. The SMILES string of the molecule is c1ccc(-c2nc(-c3cccc(-c4cccc5c4sc4ccccc45)c3)nc(-c3cc(-c4ccccc4)c(-c4ccccc4)cc3-n3c4ccccc4c4ccccc43)n2)cc1. The van der Waals surface area contributed by atoms with Crippen molar-refractivity contribution in [1.82, 2.24) is 19.5 Å². The molecular formula is C57H36N4S. The van der Waals surface area contributed by atoms with Crippen molar-refractivity contribution in [1.29, 1.82) is 0 Å². The van der Waals surface area contributed by atoms with E-state index in [2.05, 4.69) is 205 Å². The summed E-state index contributed by atoms with van der Waals surface area (Å²) in [4.78, 5) is 16.1. The summed E-state index contributed by atoms with van der Waals surface area (Å²) in [6.07, 6.45) is 0. The van der Waals surface area contributed by atoms with Crippen LogP contribution < -0.4 is 0 Å². The first kappa shape index (κ1) is 35.9. The number of nitrogens with zero attached hydrogens (tertiary/aromatic N) is 4. The molecule has 290 valence electrons. The molecule has 0 spiro atoms. The van der Waals surface area contributed by atoms with Gasteiger partial charge in [-0.1, -0.05) is 182 Å². The van der Waals surface area contributed by atoms with Gasteiger partial charge in [0.05, 0.1) is 16.7 Å². The normalized spacial score (nSPS) is 11.5. The van der Waals surface area contributed by atoms with E-state index in [1.165, 1.54) is 36.5 Å². The van der Waals surface area contributed by atoms with Crippen molar-refractivity contribution >= 4 is 53.3 Å². The smallest absolute Gasteiger partial charge is 0.166 e. The van der Waals surface area contributed by atoms with Crippen molar-refractivity contribution in [3.63, 3.8) is 0 Å². The third-order valence-corrected chi connectivity index (χ3v) is 13.1. The Kier molecular flexibility index (Phi) is 8.65. The summed E-state index contributed by atoms with van der Waals surface area (Å²) in [7, 11) is 0. The molecule has 0 fully saturated rings. The molecule has 0 saturated carbocycles. The molecule has 0 aliphatic heterocycles. The van der Waals surface area contributed by atoms with Gasteiger partial charge in [0.15, 0.2) is 17.5 Å². The lowest BCUT2D eigenvalue weighted by molar-refractivity contribution is 1.06. The van der Waals surface area contributed by atoms with Crippen LogP contribution in [-0.2, 0) is 0 Å². The quantitative estimate of drug-likeness (QED) is 0.161. The van der Waals surface area contributed by atoms with Gasteiger partial charge in [-0.05, 0) is 69.8 Å². The average Bonchev–Trinajstić information content (AvgIpc) is 3.90. The largest absolute Gasteiger partial charge is 0.308 e. The zero-order chi connectivity index (χ0) is 41.0. The van der Waals surface area contributed by atoms with Crippen LogP contribution in [0.15, 0.2) is 218 Å². The fourth-order valence-corrected chi connectivity index (χ4v) is 10.2. The van der Waals surface area contributed by atoms with Crippen molar-refractivity contribution in [3.8, 4) is 73.2 Å². The van der Waals surface area contributed by atoms with E-state index in [1.54, 1.807) is 0 Å². The third kappa shape index (κ3) is 6.09. The predicted molar refractivity (Wildman–Crippen MR) is 260 cm³/mol. The topological polar surface area (TPSA) is 43.6 Å². The molecule has 12 aromatic rings. The fraction of sp³-hybridized carbons (Fsp3) is 0. The monoisotopic (exact) mass is 808 g/mol. The summed E-state index contributed by atoms with van der Waals surface area (Å²) < 4.78 is 4.95. The van der Waals surface area contributed by atoms with Crippen molar-refractivity contribution < 1.29 is 0 Å². The van der Waals surface area contributed by atoms with E-state index in [0.29, 0.717) is 17.5 Å². The van der Waals surface area contributed by atoms with E-state index < -0.39 is 0 Å². The van der Waals surface area contributed by atoms with Gasteiger partial charge < -0.3 is 4.57 Å². The summed E-state index contributed by atoms with van der Waals surface area (Å²) in [6.45, 7) is 0. The van der Waals surface area contributed by atoms with Gasteiger partial charge in [0.2, 0.25) is 0 Å². The van der Waals surface area contributed by atoms with E-state index in [1.807, 2.05) is 29.5 Å². The van der Waals surface area contributed by atoms with Crippen LogP contribution in [0, 0.1) is 0 Å². The van der Waals surface area contributed by atoms with Crippen LogP contribution in [0.25, 0.3) is 115 Å². The van der Waals surface area contributed by atoms with E-state index in [4.69, 9.17) is 15.0 Å². The molecule has 3 heterocycles. The summed E-state index contributed by atoms with van der Waals surface area (Å²) in [5, 5.41) is 4.93. The second-order valence-corrected chi connectivity index (χ2v) is 16.6. The molecule has 5 heteroatoms. The third-order valence-electron chi connectivity index (χ3n) is 11.9. The lowest BCUT2D eigenvalue weighted by atomic mass is 9.91. The highest BCUT2D eigenvalue weighted by Gasteiger charge is 2.23. The fourth-order valence-electron chi connectivity index (χ4n) is 8.99. The maximum Gasteiger partial charge on any atom is 0.166 e. The first-order valence-electron chi connectivity index (χ1n) is 20.9. The maximum absolute atomic E-state index is 5.47. The molecule has 0 saturated heterocycles. The predicted octanol–water partition coefficient (Wildman–Crippen LogP) is 15.3. The minimum absolute atomic E-state index is 0.597. The summed E-state index contributed by atoms with van der Waals surface area (Å²) >= 11 is 1.84. The molecule has 0 bridgehead atoms.